The fourth-order valence-electron chi connectivity index (χ4n) is 3.17. The van der Waals surface area contributed by atoms with Crippen LogP contribution in [0.3, 0.4) is 0 Å². The van der Waals surface area contributed by atoms with Crippen molar-refractivity contribution in [3.63, 3.8) is 0 Å². The zero-order chi connectivity index (χ0) is 21.3. The second-order valence-electron chi connectivity index (χ2n) is 7.17. The second-order valence-corrected chi connectivity index (χ2v) is 7.58. The van der Waals surface area contributed by atoms with Gasteiger partial charge in [0.1, 0.15) is 0 Å². The summed E-state index contributed by atoms with van der Waals surface area (Å²) < 4.78 is 1.73. The van der Waals surface area contributed by atoms with E-state index in [1.54, 1.807) is 16.8 Å². The highest BCUT2D eigenvalue weighted by atomic mass is 35.5. The van der Waals surface area contributed by atoms with E-state index >= 15 is 0 Å². The predicted molar refractivity (Wildman–Crippen MR) is 120 cm³/mol. The van der Waals surface area contributed by atoms with E-state index < -0.39 is 5.91 Å². The minimum atomic E-state index is -0.392. The fourth-order valence-corrected chi connectivity index (χ4v) is 3.35. The highest BCUT2D eigenvalue weighted by molar-refractivity contribution is 6.31. The smallest absolute Gasteiger partial charge is 0.295 e. The van der Waals surface area contributed by atoms with E-state index in [1.807, 2.05) is 75.4 Å². The molecule has 4 rings (SSSR count). The summed E-state index contributed by atoms with van der Waals surface area (Å²) in [4.78, 5) is 17.5. The molecule has 0 atom stereocenters. The van der Waals surface area contributed by atoms with E-state index in [9.17, 15) is 4.79 Å². The Morgan fingerprint density at radius 3 is 2.43 bits per heavy atom. The molecule has 0 radical (unpaired) electrons. The van der Waals surface area contributed by atoms with Crippen molar-refractivity contribution in [2.24, 2.45) is 0 Å². The Morgan fingerprint density at radius 2 is 1.70 bits per heavy atom. The normalized spacial score (nSPS) is 10.8. The number of anilines is 1. The lowest BCUT2D eigenvalue weighted by Gasteiger charge is -2.10. The van der Waals surface area contributed by atoms with Crippen LogP contribution >= 0.6 is 11.6 Å². The first-order valence-electron chi connectivity index (χ1n) is 9.60. The van der Waals surface area contributed by atoms with Gasteiger partial charge < -0.3 is 5.32 Å². The van der Waals surface area contributed by atoms with E-state index in [2.05, 4.69) is 15.4 Å². The fraction of sp³-hybridized carbons (Fsp3) is 0.125. The van der Waals surface area contributed by atoms with Gasteiger partial charge in [0, 0.05) is 16.3 Å². The van der Waals surface area contributed by atoms with Gasteiger partial charge in [-0.2, -0.15) is 0 Å². The first-order valence-corrected chi connectivity index (χ1v) is 9.98. The largest absolute Gasteiger partial charge is 0.319 e. The Balaban J connectivity index is 1.78. The molecule has 0 bridgehead atoms. The van der Waals surface area contributed by atoms with Crippen LogP contribution in [-0.4, -0.2) is 20.7 Å². The standard InChI is InChI=1S/C24H21ClN4O/c1-15-8-7-11-21(17(15)3)29-23(18-9-5-4-6-10-18)27-22(28-29)24(30)26-19-13-12-16(2)20(25)14-19/h4-14H,1-3H3,(H,26,30). The lowest BCUT2D eigenvalue weighted by molar-refractivity contribution is 0.101. The van der Waals surface area contributed by atoms with Crippen LogP contribution in [0.5, 0.6) is 0 Å². The molecule has 0 aliphatic heterocycles. The summed E-state index contributed by atoms with van der Waals surface area (Å²) in [6.45, 7) is 6.00. The Labute approximate surface area is 180 Å². The molecule has 0 aliphatic carbocycles. The molecule has 0 saturated carbocycles. The van der Waals surface area contributed by atoms with Crippen LogP contribution < -0.4 is 5.32 Å². The van der Waals surface area contributed by atoms with Crippen LogP contribution in [-0.2, 0) is 0 Å². The van der Waals surface area contributed by atoms with Gasteiger partial charge in [0.2, 0.25) is 5.82 Å². The summed E-state index contributed by atoms with van der Waals surface area (Å²) in [6.07, 6.45) is 0. The lowest BCUT2D eigenvalue weighted by atomic mass is 10.1. The third-order valence-corrected chi connectivity index (χ3v) is 5.48. The number of halogens is 1. The molecule has 0 unspecified atom stereocenters. The quantitative estimate of drug-likeness (QED) is 0.459. The van der Waals surface area contributed by atoms with Crippen LogP contribution in [0.4, 0.5) is 5.69 Å². The molecule has 1 heterocycles. The van der Waals surface area contributed by atoms with Crippen molar-refractivity contribution in [3.8, 4) is 17.1 Å². The molecular formula is C24H21ClN4O. The van der Waals surface area contributed by atoms with Gasteiger partial charge in [-0.15, -0.1) is 5.10 Å². The summed E-state index contributed by atoms with van der Waals surface area (Å²) in [5.41, 5.74) is 5.53. The maximum Gasteiger partial charge on any atom is 0.295 e. The van der Waals surface area contributed by atoms with Gasteiger partial charge in [-0.3, -0.25) is 4.79 Å². The van der Waals surface area contributed by atoms with Crippen LogP contribution in [0.15, 0.2) is 66.7 Å². The number of hydrogen-bond donors (Lipinski definition) is 1. The zero-order valence-corrected chi connectivity index (χ0v) is 17.7. The van der Waals surface area contributed by atoms with Gasteiger partial charge in [-0.05, 0) is 55.7 Å². The Kier molecular flexibility index (Phi) is 5.38. The van der Waals surface area contributed by atoms with E-state index in [0.29, 0.717) is 16.5 Å². The SMILES string of the molecule is Cc1ccc(NC(=O)c2nc(-c3ccccc3)n(-c3cccc(C)c3C)n2)cc1Cl. The molecule has 0 spiro atoms. The second kappa shape index (κ2) is 8.13. The van der Waals surface area contributed by atoms with Crippen molar-refractivity contribution in [2.75, 3.05) is 5.32 Å². The zero-order valence-electron chi connectivity index (χ0n) is 17.0. The van der Waals surface area contributed by atoms with Gasteiger partial charge >= 0.3 is 0 Å². The third-order valence-electron chi connectivity index (χ3n) is 5.08. The van der Waals surface area contributed by atoms with Crippen molar-refractivity contribution in [3.05, 3.63) is 94.3 Å². The Hall–Kier alpha value is -3.44. The van der Waals surface area contributed by atoms with Crippen LogP contribution in [0, 0.1) is 20.8 Å². The summed E-state index contributed by atoms with van der Waals surface area (Å²) in [6, 6.07) is 21.1. The van der Waals surface area contributed by atoms with Gasteiger partial charge in [-0.1, -0.05) is 60.1 Å². The highest BCUT2D eigenvalue weighted by Gasteiger charge is 2.20. The number of carbonyl (C=O) groups excluding carboxylic acids is 1. The van der Waals surface area contributed by atoms with E-state index in [0.717, 1.165) is 27.9 Å². The lowest BCUT2D eigenvalue weighted by Crippen LogP contribution is -2.14. The summed E-state index contributed by atoms with van der Waals surface area (Å²) >= 11 is 6.18. The summed E-state index contributed by atoms with van der Waals surface area (Å²) in [7, 11) is 0. The first-order chi connectivity index (χ1) is 14.4. The molecule has 0 fully saturated rings. The number of aryl methyl sites for hydroxylation is 2. The van der Waals surface area contributed by atoms with Crippen molar-refractivity contribution in [1.29, 1.82) is 0 Å². The van der Waals surface area contributed by atoms with Gasteiger partial charge in [0.15, 0.2) is 5.82 Å². The number of benzene rings is 3. The summed E-state index contributed by atoms with van der Waals surface area (Å²) in [5, 5.41) is 7.98. The molecule has 150 valence electrons. The predicted octanol–water partition coefficient (Wildman–Crippen LogP) is 5.77. The van der Waals surface area contributed by atoms with Gasteiger partial charge in [0.25, 0.3) is 5.91 Å². The molecule has 30 heavy (non-hydrogen) atoms. The molecule has 1 aromatic heterocycles. The number of carbonyl (C=O) groups is 1. The molecule has 0 aliphatic rings. The minimum absolute atomic E-state index is 0.0893. The molecule has 6 heteroatoms. The van der Waals surface area contributed by atoms with E-state index in [4.69, 9.17) is 11.6 Å². The molecular weight excluding hydrogens is 396 g/mol. The van der Waals surface area contributed by atoms with E-state index in [1.165, 1.54) is 0 Å². The molecule has 4 aromatic rings. The Bertz CT molecular complexity index is 1230. The molecule has 3 aromatic carbocycles. The number of amides is 1. The number of rotatable bonds is 4. The number of nitrogens with one attached hydrogen (secondary N) is 1. The molecule has 5 nitrogen and oxygen atoms in total. The molecule has 1 N–H and O–H groups in total. The van der Waals surface area contributed by atoms with Crippen molar-refractivity contribution >= 4 is 23.2 Å². The number of nitrogens with zero attached hydrogens (tertiary/aromatic N) is 3. The van der Waals surface area contributed by atoms with Crippen LogP contribution in [0.2, 0.25) is 5.02 Å². The van der Waals surface area contributed by atoms with Crippen molar-refractivity contribution in [1.82, 2.24) is 14.8 Å². The number of aromatic nitrogens is 3. The first kappa shape index (κ1) is 19.9. The average Bonchev–Trinajstić information content (AvgIpc) is 3.19. The maximum absolute atomic E-state index is 12.9. The van der Waals surface area contributed by atoms with Crippen molar-refractivity contribution < 1.29 is 4.79 Å². The van der Waals surface area contributed by atoms with Crippen LogP contribution in [0.25, 0.3) is 17.1 Å². The van der Waals surface area contributed by atoms with Gasteiger partial charge in [-0.25, -0.2) is 9.67 Å². The van der Waals surface area contributed by atoms with Gasteiger partial charge in [0.05, 0.1) is 5.69 Å². The maximum atomic E-state index is 12.9. The molecule has 1 amide bonds. The minimum Gasteiger partial charge on any atom is -0.319 e. The highest BCUT2D eigenvalue weighted by Crippen LogP contribution is 2.25. The Morgan fingerprint density at radius 1 is 0.933 bits per heavy atom. The third kappa shape index (κ3) is 3.84. The monoisotopic (exact) mass is 416 g/mol. The van der Waals surface area contributed by atoms with E-state index in [-0.39, 0.29) is 5.82 Å². The van der Waals surface area contributed by atoms with Crippen LogP contribution in [0.1, 0.15) is 27.3 Å². The average molecular weight is 417 g/mol. The topological polar surface area (TPSA) is 59.8 Å². The van der Waals surface area contributed by atoms with Crippen molar-refractivity contribution in [2.45, 2.75) is 20.8 Å². The summed E-state index contributed by atoms with van der Waals surface area (Å²) in [5.74, 6) is 0.305. The number of hydrogen-bond acceptors (Lipinski definition) is 3. The molecule has 0 saturated heterocycles.